The van der Waals surface area contributed by atoms with Gasteiger partial charge < -0.3 is 21.5 Å². The summed E-state index contributed by atoms with van der Waals surface area (Å²) in [6.45, 7) is 5.84. The van der Waals surface area contributed by atoms with Crippen LogP contribution < -0.4 is 16.4 Å². The van der Waals surface area contributed by atoms with Crippen LogP contribution in [-0.2, 0) is 4.79 Å². The summed E-state index contributed by atoms with van der Waals surface area (Å²) in [5, 5.41) is 15.0. The molecule has 0 saturated carbocycles. The molecule has 0 radical (unpaired) electrons. The number of hydrogen-bond donors (Lipinski definition) is 4. The van der Waals surface area contributed by atoms with E-state index in [9.17, 15) is 14.7 Å². The molecular weight excluding hydrogens is 258 g/mol. The summed E-state index contributed by atoms with van der Waals surface area (Å²) in [4.78, 5) is 23.4. The van der Waals surface area contributed by atoms with E-state index in [0.717, 1.165) is 0 Å². The number of nitrogens with one attached hydrogen (secondary N) is 2. The van der Waals surface area contributed by atoms with E-state index in [1.54, 1.807) is 6.07 Å². The van der Waals surface area contributed by atoms with Crippen LogP contribution >= 0.6 is 0 Å². The molecule has 1 aromatic rings. The number of benzene rings is 1. The number of para-hydroxylation sites is 1. The quantitative estimate of drug-likeness (QED) is 0.487. The molecule has 0 spiro atoms. The molecule has 0 bridgehead atoms. The van der Waals surface area contributed by atoms with Crippen LogP contribution in [0.25, 0.3) is 0 Å². The first-order chi connectivity index (χ1) is 9.20. The molecule has 6 heteroatoms. The highest BCUT2D eigenvalue weighted by atomic mass is 16.3. The molecule has 0 heterocycles. The van der Waals surface area contributed by atoms with Crippen molar-refractivity contribution in [2.24, 2.45) is 0 Å². The third-order valence-corrected chi connectivity index (χ3v) is 2.46. The van der Waals surface area contributed by atoms with Crippen LogP contribution in [-0.4, -0.2) is 29.0 Å². The third-order valence-electron chi connectivity index (χ3n) is 2.46. The summed E-state index contributed by atoms with van der Waals surface area (Å²) in [6.07, 6.45) is 0.173. The Morgan fingerprint density at radius 3 is 2.55 bits per heavy atom. The topological polar surface area (TPSA) is 104 Å². The fourth-order valence-corrected chi connectivity index (χ4v) is 1.61. The molecule has 5 N–H and O–H groups in total. The van der Waals surface area contributed by atoms with E-state index in [1.807, 2.05) is 20.8 Å². The molecule has 0 aliphatic rings. The van der Waals surface area contributed by atoms with E-state index >= 15 is 0 Å². The van der Waals surface area contributed by atoms with Gasteiger partial charge in [0.25, 0.3) is 5.91 Å². The van der Waals surface area contributed by atoms with Crippen molar-refractivity contribution in [3.63, 3.8) is 0 Å². The number of anilines is 1. The van der Waals surface area contributed by atoms with Gasteiger partial charge in [0.15, 0.2) is 5.75 Å². The highest BCUT2D eigenvalue weighted by Gasteiger charge is 2.15. The highest BCUT2D eigenvalue weighted by Crippen LogP contribution is 2.23. The number of carbonyl (C=O) groups excluding carboxylic acids is 2. The van der Waals surface area contributed by atoms with E-state index in [-0.39, 0.29) is 41.4 Å². The van der Waals surface area contributed by atoms with Crippen LogP contribution in [0.15, 0.2) is 18.2 Å². The minimum Gasteiger partial charge on any atom is -0.505 e. The Kier molecular flexibility index (Phi) is 4.96. The van der Waals surface area contributed by atoms with Gasteiger partial charge in [-0.15, -0.1) is 0 Å². The molecule has 0 aliphatic heterocycles. The fraction of sp³-hybridized carbons (Fsp3) is 0.429. The van der Waals surface area contributed by atoms with Crippen LogP contribution in [0.1, 0.15) is 37.6 Å². The summed E-state index contributed by atoms with van der Waals surface area (Å²) in [6, 6.07) is 4.55. The molecule has 0 atom stereocenters. The summed E-state index contributed by atoms with van der Waals surface area (Å²) >= 11 is 0. The number of amides is 2. The Labute approximate surface area is 118 Å². The van der Waals surface area contributed by atoms with Crippen LogP contribution in [0.5, 0.6) is 5.75 Å². The average molecular weight is 279 g/mol. The standard InChI is InChI=1S/C14H21N3O3/c1-14(2,3)17-11(18)7-8-16-13(20)9-5-4-6-10(15)12(9)19/h4-6,19H,7-8,15H2,1-3H3,(H,16,20)(H,17,18). The molecule has 1 rings (SSSR count). The Hall–Kier alpha value is -2.24. The number of nitrogen functional groups attached to an aromatic ring is 1. The summed E-state index contributed by atoms with van der Waals surface area (Å²) in [5.41, 5.74) is 5.45. The largest absolute Gasteiger partial charge is 0.505 e. The van der Waals surface area contributed by atoms with Gasteiger partial charge in [0.1, 0.15) is 0 Å². The van der Waals surface area contributed by atoms with Gasteiger partial charge >= 0.3 is 0 Å². The second kappa shape index (κ2) is 6.27. The van der Waals surface area contributed by atoms with Gasteiger partial charge in [0.05, 0.1) is 11.3 Å². The molecule has 20 heavy (non-hydrogen) atoms. The second-order valence-electron chi connectivity index (χ2n) is 5.55. The molecule has 1 aromatic carbocycles. The maximum Gasteiger partial charge on any atom is 0.255 e. The fourth-order valence-electron chi connectivity index (χ4n) is 1.61. The Morgan fingerprint density at radius 2 is 1.95 bits per heavy atom. The first-order valence-corrected chi connectivity index (χ1v) is 6.37. The molecule has 2 amide bonds. The van der Waals surface area contributed by atoms with Gasteiger partial charge in [-0.25, -0.2) is 0 Å². The third kappa shape index (κ3) is 4.79. The minimum atomic E-state index is -0.460. The number of phenolic OH excluding ortho intramolecular Hbond substituents is 1. The SMILES string of the molecule is CC(C)(C)NC(=O)CCNC(=O)c1cccc(N)c1O. The van der Waals surface area contributed by atoms with Crippen molar-refractivity contribution in [3.05, 3.63) is 23.8 Å². The lowest BCUT2D eigenvalue weighted by molar-refractivity contribution is -0.122. The normalized spacial score (nSPS) is 10.9. The molecule has 110 valence electrons. The maximum atomic E-state index is 11.8. The predicted molar refractivity (Wildman–Crippen MR) is 77.4 cm³/mol. The van der Waals surface area contributed by atoms with Gasteiger partial charge in [-0.3, -0.25) is 9.59 Å². The Balaban J connectivity index is 2.48. The predicted octanol–water partition coefficient (Wildman–Crippen LogP) is 1.01. The number of rotatable bonds is 4. The van der Waals surface area contributed by atoms with Crippen molar-refractivity contribution in [3.8, 4) is 5.75 Å². The lowest BCUT2D eigenvalue weighted by Gasteiger charge is -2.20. The highest BCUT2D eigenvalue weighted by molar-refractivity contribution is 5.98. The van der Waals surface area contributed by atoms with Crippen molar-refractivity contribution in [2.45, 2.75) is 32.7 Å². The maximum absolute atomic E-state index is 11.8. The van der Waals surface area contributed by atoms with Gasteiger partial charge in [-0.1, -0.05) is 6.07 Å². The number of hydrogen-bond acceptors (Lipinski definition) is 4. The van der Waals surface area contributed by atoms with Crippen molar-refractivity contribution in [2.75, 3.05) is 12.3 Å². The Bertz CT molecular complexity index is 507. The van der Waals surface area contributed by atoms with Crippen molar-refractivity contribution < 1.29 is 14.7 Å². The van der Waals surface area contributed by atoms with Crippen LogP contribution in [0.4, 0.5) is 5.69 Å². The first kappa shape index (κ1) is 15.8. The molecule has 6 nitrogen and oxygen atoms in total. The lowest BCUT2D eigenvalue weighted by Crippen LogP contribution is -2.42. The average Bonchev–Trinajstić information content (AvgIpc) is 2.30. The summed E-state index contributed by atoms with van der Waals surface area (Å²) in [5.74, 6) is -0.850. The van der Waals surface area contributed by atoms with Gasteiger partial charge in [0, 0.05) is 18.5 Å². The van der Waals surface area contributed by atoms with Crippen molar-refractivity contribution >= 4 is 17.5 Å². The van der Waals surface area contributed by atoms with E-state index in [4.69, 9.17) is 5.73 Å². The zero-order valence-corrected chi connectivity index (χ0v) is 12.0. The number of phenols is 1. The number of carbonyl (C=O) groups is 2. The smallest absolute Gasteiger partial charge is 0.255 e. The molecule has 0 unspecified atom stereocenters. The van der Waals surface area contributed by atoms with Crippen LogP contribution in [0.3, 0.4) is 0 Å². The van der Waals surface area contributed by atoms with Crippen molar-refractivity contribution in [1.29, 1.82) is 0 Å². The van der Waals surface area contributed by atoms with E-state index in [2.05, 4.69) is 10.6 Å². The Morgan fingerprint density at radius 1 is 1.30 bits per heavy atom. The van der Waals surface area contributed by atoms with E-state index in [1.165, 1.54) is 12.1 Å². The van der Waals surface area contributed by atoms with E-state index in [0.29, 0.717) is 0 Å². The minimum absolute atomic E-state index is 0.0984. The molecule has 0 fully saturated rings. The van der Waals surface area contributed by atoms with Gasteiger partial charge in [-0.05, 0) is 32.9 Å². The zero-order valence-electron chi connectivity index (χ0n) is 12.0. The van der Waals surface area contributed by atoms with E-state index < -0.39 is 5.91 Å². The zero-order chi connectivity index (χ0) is 15.3. The summed E-state index contributed by atoms with van der Waals surface area (Å²) < 4.78 is 0. The monoisotopic (exact) mass is 279 g/mol. The van der Waals surface area contributed by atoms with Crippen molar-refractivity contribution in [1.82, 2.24) is 10.6 Å². The number of aromatic hydroxyl groups is 1. The first-order valence-electron chi connectivity index (χ1n) is 6.37. The van der Waals surface area contributed by atoms with Gasteiger partial charge in [0.2, 0.25) is 5.91 Å². The number of nitrogens with two attached hydrogens (primary N) is 1. The molecule has 0 aliphatic carbocycles. The lowest BCUT2D eigenvalue weighted by atomic mass is 10.1. The summed E-state index contributed by atoms with van der Waals surface area (Å²) in [7, 11) is 0. The molecule has 0 aromatic heterocycles. The van der Waals surface area contributed by atoms with Gasteiger partial charge in [-0.2, -0.15) is 0 Å². The molecule has 0 saturated heterocycles. The van der Waals surface area contributed by atoms with Crippen LogP contribution in [0, 0.1) is 0 Å². The molecular formula is C14H21N3O3. The second-order valence-corrected chi connectivity index (χ2v) is 5.55. The van der Waals surface area contributed by atoms with Crippen LogP contribution in [0.2, 0.25) is 0 Å².